The van der Waals surface area contributed by atoms with Crippen LogP contribution in [-0.4, -0.2) is 17.7 Å². The van der Waals surface area contributed by atoms with Gasteiger partial charge < -0.3 is 9.84 Å². The van der Waals surface area contributed by atoms with Crippen LogP contribution in [0.25, 0.3) is 0 Å². The predicted molar refractivity (Wildman–Crippen MR) is 56.1 cm³/mol. The number of aliphatic carboxylic acids is 1. The molecule has 1 aromatic rings. The largest absolute Gasteiger partial charge is 0.479 e. The van der Waals surface area contributed by atoms with Crippen molar-refractivity contribution in [1.82, 2.24) is 0 Å². The number of halogens is 1. The summed E-state index contributed by atoms with van der Waals surface area (Å²) >= 11 is 3.28. The molecule has 0 aliphatic rings. The van der Waals surface area contributed by atoms with Crippen LogP contribution in [0.5, 0.6) is 0 Å². The third-order valence-corrected chi connectivity index (χ3v) is 2.26. The number of ether oxygens (including phenoxy) is 1. The van der Waals surface area contributed by atoms with E-state index in [0.29, 0.717) is 12.2 Å². The van der Waals surface area contributed by atoms with Gasteiger partial charge >= 0.3 is 5.97 Å². The minimum absolute atomic E-state index is 0.382. The van der Waals surface area contributed by atoms with Gasteiger partial charge in [-0.25, -0.2) is 4.79 Å². The lowest BCUT2D eigenvalue weighted by Gasteiger charge is -2.12. The summed E-state index contributed by atoms with van der Waals surface area (Å²) in [5.74, 6) is -0.964. The minimum atomic E-state index is -0.964. The van der Waals surface area contributed by atoms with Crippen LogP contribution >= 0.6 is 15.9 Å². The lowest BCUT2D eigenvalue weighted by molar-refractivity contribution is -0.150. The Balaban J connectivity index is 2.87. The highest BCUT2D eigenvalue weighted by molar-refractivity contribution is 9.10. The van der Waals surface area contributed by atoms with Gasteiger partial charge in [-0.05, 0) is 24.6 Å². The molecule has 1 N–H and O–H groups in total. The van der Waals surface area contributed by atoms with E-state index in [4.69, 9.17) is 9.84 Å². The van der Waals surface area contributed by atoms with E-state index in [9.17, 15) is 4.79 Å². The second-order valence-electron chi connectivity index (χ2n) is 2.73. The second-order valence-corrected chi connectivity index (χ2v) is 3.64. The third kappa shape index (κ3) is 2.82. The van der Waals surface area contributed by atoms with Gasteiger partial charge in [0.2, 0.25) is 0 Å². The normalized spacial score (nSPS) is 12.4. The topological polar surface area (TPSA) is 46.5 Å². The summed E-state index contributed by atoms with van der Waals surface area (Å²) in [7, 11) is 0. The molecule has 0 amide bonds. The first-order valence-electron chi connectivity index (χ1n) is 4.25. The maximum absolute atomic E-state index is 10.8. The number of carbonyl (C=O) groups is 1. The number of carboxylic acids is 1. The second kappa shape index (κ2) is 5.12. The molecule has 76 valence electrons. The Bertz CT molecular complexity index is 308. The van der Waals surface area contributed by atoms with Crippen molar-refractivity contribution in [2.75, 3.05) is 6.61 Å². The molecule has 1 atom stereocenters. The fourth-order valence-corrected chi connectivity index (χ4v) is 1.38. The van der Waals surface area contributed by atoms with Crippen LogP contribution in [0, 0.1) is 0 Å². The summed E-state index contributed by atoms with van der Waals surface area (Å²) in [5.41, 5.74) is 0.655. The molecule has 0 saturated heterocycles. The van der Waals surface area contributed by atoms with Crippen LogP contribution in [0.2, 0.25) is 0 Å². The van der Waals surface area contributed by atoms with E-state index >= 15 is 0 Å². The molecule has 0 aliphatic carbocycles. The van der Waals surface area contributed by atoms with E-state index in [2.05, 4.69) is 15.9 Å². The highest BCUT2D eigenvalue weighted by atomic mass is 79.9. The number of carboxylic acid groups (broad SMARTS) is 1. The maximum atomic E-state index is 10.8. The molecular formula is C10H11BrO3. The van der Waals surface area contributed by atoms with Gasteiger partial charge in [-0.15, -0.1) is 0 Å². The molecule has 0 fully saturated rings. The number of benzene rings is 1. The van der Waals surface area contributed by atoms with E-state index in [0.717, 1.165) is 4.47 Å². The van der Waals surface area contributed by atoms with Crippen LogP contribution in [0.3, 0.4) is 0 Å². The minimum Gasteiger partial charge on any atom is -0.479 e. The molecule has 1 rings (SSSR count). The Hall–Kier alpha value is -0.870. The molecule has 14 heavy (non-hydrogen) atoms. The van der Waals surface area contributed by atoms with Crippen molar-refractivity contribution in [3.8, 4) is 0 Å². The van der Waals surface area contributed by atoms with Crippen molar-refractivity contribution < 1.29 is 14.6 Å². The summed E-state index contributed by atoms with van der Waals surface area (Å²) in [6.07, 6.45) is -0.867. The molecule has 0 aromatic heterocycles. The summed E-state index contributed by atoms with van der Waals surface area (Å²) < 4.78 is 6.03. The molecule has 0 heterocycles. The molecule has 1 unspecified atom stereocenters. The van der Waals surface area contributed by atoms with E-state index in [-0.39, 0.29) is 0 Å². The van der Waals surface area contributed by atoms with Crippen molar-refractivity contribution in [3.63, 3.8) is 0 Å². The van der Waals surface area contributed by atoms with Crippen molar-refractivity contribution in [2.45, 2.75) is 13.0 Å². The average molecular weight is 259 g/mol. The number of hydrogen-bond acceptors (Lipinski definition) is 2. The Morgan fingerprint density at radius 1 is 1.50 bits per heavy atom. The van der Waals surface area contributed by atoms with Gasteiger partial charge in [0.1, 0.15) is 0 Å². The van der Waals surface area contributed by atoms with E-state index < -0.39 is 12.1 Å². The smallest absolute Gasteiger partial charge is 0.337 e. The standard InChI is InChI=1S/C10H11BrO3/c1-2-14-9(10(12)13)7-3-5-8(11)6-4-7/h3-6,9H,2H2,1H3,(H,12,13). The Morgan fingerprint density at radius 2 is 2.07 bits per heavy atom. The van der Waals surface area contributed by atoms with E-state index in [1.165, 1.54) is 0 Å². The zero-order valence-corrected chi connectivity index (χ0v) is 9.32. The predicted octanol–water partition coefficient (Wildman–Crippen LogP) is 2.61. The Kier molecular flexibility index (Phi) is 4.10. The van der Waals surface area contributed by atoms with E-state index in [1.807, 2.05) is 0 Å². The molecule has 1 aromatic carbocycles. The molecule has 0 radical (unpaired) electrons. The van der Waals surface area contributed by atoms with Gasteiger partial charge in [-0.3, -0.25) is 0 Å². The number of hydrogen-bond donors (Lipinski definition) is 1. The lowest BCUT2D eigenvalue weighted by atomic mass is 10.1. The highest BCUT2D eigenvalue weighted by Crippen LogP contribution is 2.20. The average Bonchev–Trinajstić information content (AvgIpc) is 2.15. The SMILES string of the molecule is CCOC(C(=O)O)c1ccc(Br)cc1. The van der Waals surface area contributed by atoms with Crippen LogP contribution in [-0.2, 0) is 9.53 Å². The van der Waals surface area contributed by atoms with Gasteiger partial charge in [-0.1, -0.05) is 28.1 Å². The monoisotopic (exact) mass is 258 g/mol. The van der Waals surface area contributed by atoms with Gasteiger partial charge in [0.05, 0.1) is 0 Å². The molecule has 0 spiro atoms. The highest BCUT2D eigenvalue weighted by Gasteiger charge is 2.19. The fourth-order valence-electron chi connectivity index (χ4n) is 1.11. The van der Waals surface area contributed by atoms with Crippen LogP contribution in [0.15, 0.2) is 28.7 Å². The van der Waals surface area contributed by atoms with E-state index in [1.54, 1.807) is 31.2 Å². The zero-order valence-electron chi connectivity index (χ0n) is 7.74. The van der Waals surface area contributed by atoms with Gasteiger partial charge in [-0.2, -0.15) is 0 Å². The summed E-state index contributed by atoms with van der Waals surface area (Å²) in [5, 5.41) is 8.89. The molecule has 0 bridgehead atoms. The summed E-state index contributed by atoms with van der Waals surface area (Å²) in [6, 6.07) is 7.06. The van der Waals surface area contributed by atoms with Crippen LogP contribution in [0.4, 0.5) is 0 Å². The molecule has 0 saturated carbocycles. The van der Waals surface area contributed by atoms with Crippen molar-refractivity contribution in [1.29, 1.82) is 0 Å². The van der Waals surface area contributed by atoms with Gasteiger partial charge in [0.25, 0.3) is 0 Å². The Morgan fingerprint density at radius 3 is 2.50 bits per heavy atom. The molecule has 3 nitrogen and oxygen atoms in total. The van der Waals surface area contributed by atoms with Crippen molar-refractivity contribution in [3.05, 3.63) is 34.3 Å². The van der Waals surface area contributed by atoms with Gasteiger partial charge in [0, 0.05) is 11.1 Å². The van der Waals surface area contributed by atoms with Gasteiger partial charge in [0.15, 0.2) is 6.10 Å². The third-order valence-electron chi connectivity index (χ3n) is 1.73. The molecular weight excluding hydrogens is 248 g/mol. The molecule has 4 heteroatoms. The molecule has 0 aliphatic heterocycles. The maximum Gasteiger partial charge on any atom is 0.337 e. The Labute approximate surface area is 90.8 Å². The number of rotatable bonds is 4. The van der Waals surface area contributed by atoms with Crippen molar-refractivity contribution in [2.24, 2.45) is 0 Å². The first-order chi connectivity index (χ1) is 6.65. The summed E-state index contributed by atoms with van der Waals surface area (Å²) in [4.78, 5) is 10.8. The van der Waals surface area contributed by atoms with Crippen molar-refractivity contribution >= 4 is 21.9 Å². The zero-order chi connectivity index (χ0) is 10.6. The lowest BCUT2D eigenvalue weighted by Crippen LogP contribution is -2.15. The quantitative estimate of drug-likeness (QED) is 0.903. The van der Waals surface area contributed by atoms with Crippen LogP contribution < -0.4 is 0 Å². The first kappa shape index (κ1) is 11.2. The van der Waals surface area contributed by atoms with Crippen LogP contribution in [0.1, 0.15) is 18.6 Å². The fraction of sp³-hybridized carbons (Fsp3) is 0.300. The first-order valence-corrected chi connectivity index (χ1v) is 5.04. The summed E-state index contributed by atoms with van der Waals surface area (Å²) in [6.45, 7) is 2.15.